The van der Waals surface area contributed by atoms with Gasteiger partial charge in [-0.1, -0.05) is 13.8 Å². The lowest BCUT2D eigenvalue weighted by atomic mass is 9.97. The number of nitrogens with one attached hydrogen (secondary N) is 1. The fraction of sp³-hybridized carbons (Fsp3) is 0.929. The lowest BCUT2D eigenvalue weighted by molar-refractivity contribution is -0.151. The molecule has 1 aliphatic rings. The summed E-state index contributed by atoms with van der Waals surface area (Å²) in [6, 6.07) is 0. The maximum atomic E-state index is 12.2. The molecule has 106 valence electrons. The predicted octanol–water partition coefficient (Wildman–Crippen LogP) is 2.98. The van der Waals surface area contributed by atoms with E-state index in [1.807, 2.05) is 18.7 Å². The van der Waals surface area contributed by atoms with Crippen LogP contribution in [0, 0.1) is 0 Å². The van der Waals surface area contributed by atoms with Crippen LogP contribution in [0.2, 0.25) is 0 Å². The van der Waals surface area contributed by atoms with Crippen LogP contribution >= 0.6 is 11.8 Å². The molecule has 4 heteroatoms. The average molecular weight is 273 g/mol. The highest BCUT2D eigenvalue weighted by Crippen LogP contribution is 2.38. The van der Waals surface area contributed by atoms with Crippen molar-refractivity contribution in [3.05, 3.63) is 0 Å². The zero-order valence-electron chi connectivity index (χ0n) is 12.0. The highest BCUT2D eigenvalue weighted by Gasteiger charge is 2.45. The monoisotopic (exact) mass is 273 g/mol. The van der Waals surface area contributed by atoms with Crippen LogP contribution in [0.1, 0.15) is 52.9 Å². The number of thioether (sulfide) groups is 1. The lowest BCUT2D eigenvalue weighted by Crippen LogP contribution is -2.51. The third-order valence-corrected chi connectivity index (χ3v) is 4.92. The summed E-state index contributed by atoms with van der Waals surface area (Å²) < 4.78 is 5.27. The smallest absolute Gasteiger partial charge is 0.326 e. The van der Waals surface area contributed by atoms with Crippen molar-refractivity contribution in [1.82, 2.24) is 5.32 Å². The Morgan fingerprint density at radius 3 is 2.78 bits per heavy atom. The topological polar surface area (TPSA) is 38.3 Å². The largest absolute Gasteiger partial charge is 0.465 e. The van der Waals surface area contributed by atoms with Crippen LogP contribution in [0.25, 0.3) is 0 Å². The quantitative estimate of drug-likeness (QED) is 0.690. The number of carbonyl (C=O) groups is 1. The maximum Gasteiger partial charge on any atom is 0.326 e. The molecule has 0 heterocycles. The van der Waals surface area contributed by atoms with E-state index in [9.17, 15) is 4.79 Å². The molecule has 1 fully saturated rings. The molecular formula is C14H27NO2S. The molecule has 1 saturated carbocycles. The Morgan fingerprint density at radius 2 is 2.17 bits per heavy atom. The van der Waals surface area contributed by atoms with Gasteiger partial charge in [0.25, 0.3) is 0 Å². The van der Waals surface area contributed by atoms with Crippen LogP contribution in [0.3, 0.4) is 0 Å². The van der Waals surface area contributed by atoms with Crippen molar-refractivity contribution in [3.8, 4) is 0 Å². The first-order valence-electron chi connectivity index (χ1n) is 7.22. The summed E-state index contributed by atoms with van der Waals surface area (Å²) in [6.45, 7) is 7.58. The second kappa shape index (κ2) is 8.05. The van der Waals surface area contributed by atoms with E-state index in [1.165, 1.54) is 12.2 Å². The summed E-state index contributed by atoms with van der Waals surface area (Å²) in [7, 11) is 0. The SMILES string of the molecule is CCCNC1(C(=O)OCC)CCC(SCCC)C1. The molecule has 0 saturated heterocycles. The van der Waals surface area contributed by atoms with E-state index < -0.39 is 5.54 Å². The van der Waals surface area contributed by atoms with Crippen molar-refractivity contribution < 1.29 is 9.53 Å². The Bertz CT molecular complexity index is 260. The van der Waals surface area contributed by atoms with Crippen LogP contribution in [0.15, 0.2) is 0 Å². The number of hydrogen-bond acceptors (Lipinski definition) is 4. The van der Waals surface area contributed by atoms with Crippen LogP contribution < -0.4 is 5.32 Å². The first kappa shape index (κ1) is 15.8. The Labute approximate surface area is 115 Å². The molecule has 3 nitrogen and oxygen atoms in total. The normalized spacial score (nSPS) is 27.4. The van der Waals surface area contributed by atoms with Gasteiger partial charge < -0.3 is 10.1 Å². The molecule has 0 aromatic heterocycles. The number of hydrogen-bond donors (Lipinski definition) is 1. The fourth-order valence-electron chi connectivity index (χ4n) is 2.48. The zero-order valence-corrected chi connectivity index (χ0v) is 12.8. The molecule has 1 rings (SSSR count). The van der Waals surface area contributed by atoms with Crippen molar-refractivity contribution in [2.45, 2.75) is 63.7 Å². The molecule has 0 spiro atoms. The first-order chi connectivity index (χ1) is 8.68. The molecule has 2 unspecified atom stereocenters. The highest BCUT2D eigenvalue weighted by molar-refractivity contribution is 7.99. The lowest BCUT2D eigenvalue weighted by Gasteiger charge is -2.28. The summed E-state index contributed by atoms with van der Waals surface area (Å²) >= 11 is 2.01. The minimum atomic E-state index is -0.405. The molecule has 0 amide bonds. The van der Waals surface area contributed by atoms with Crippen molar-refractivity contribution in [3.63, 3.8) is 0 Å². The molecule has 0 aromatic carbocycles. The molecule has 1 N–H and O–H groups in total. The summed E-state index contributed by atoms with van der Waals surface area (Å²) in [5.74, 6) is 1.15. The number of carbonyl (C=O) groups excluding carboxylic acids is 1. The van der Waals surface area contributed by atoms with E-state index in [4.69, 9.17) is 4.74 Å². The van der Waals surface area contributed by atoms with Gasteiger partial charge in [0.05, 0.1) is 6.61 Å². The van der Waals surface area contributed by atoms with E-state index in [-0.39, 0.29) is 5.97 Å². The summed E-state index contributed by atoms with van der Waals surface area (Å²) in [5, 5.41) is 4.06. The van der Waals surface area contributed by atoms with Gasteiger partial charge >= 0.3 is 5.97 Å². The van der Waals surface area contributed by atoms with Gasteiger partial charge in [0.15, 0.2) is 0 Å². The van der Waals surface area contributed by atoms with E-state index in [0.717, 1.165) is 32.2 Å². The van der Waals surface area contributed by atoms with Gasteiger partial charge in [0.2, 0.25) is 0 Å². The molecule has 2 atom stereocenters. The van der Waals surface area contributed by atoms with Gasteiger partial charge in [-0.05, 0) is 51.3 Å². The van der Waals surface area contributed by atoms with E-state index in [1.54, 1.807) is 0 Å². The van der Waals surface area contributed by atoms with Gasteiger partial charge in [0, 0.05) is 5.25 Å². The zero-order chi connectivity index (χ0) is 13.4. The van der Waals surface area contributed by atoms with Gasteiger partial charge in [-0.25, -0.2) is 0 Å². The van der Waals surface area contributed by atoms with Crippen molar-refractivity contribution in [2.75, 3.05) is 18.9 Å². The van der Waals surface area contributed by atoms with Crippen LogP contribution in [0.5, 0.6) is 0 Å². The molecule has 0 radical (unpaired) electrons. The summed E-state index contributed by atoms with van der Waals surface area (Å²) in [5.41, 5.74) is -0.405. The Kier molecular flexibility index (Phi) is 7.08. The van der Waals surface area contributed by atoms with E-state index >= 15 is 0 Å². The van der Waals surface area contributed by atoms with Gasteiger partial charge in [0.1, 0.15) is 5.54 Å². The average Bonchev–Trinajstić information content (AvgIpc) is 2.79. The van der Waals surface area contributed by atoms with Gasteiger partial charge in [-0.2, -0.15) is 11.8 Å². The predicted molar refractivity (Wildman–Crippen MR) is 78.0 cm³/mol. The Morgan fingerprint density at radius 1 is 1.39 bits per heavy atom. The van der Waals surface area contributed by atoms with Crippen molar-refractivity contribution in [1.29, 1.82) is 0 Å². The highest BCUT2D eigenvalue weighted by atomic mass is 32.2. The van der Waals surface area contributed by atoms with E-state index in [2.05, 4.69) is 19.2 Å². The van der Waals surface area contributed by atoms with Crippen LogP contribution in [0.4, 0.5) is 0 Å². The Balaban J connectivity index is 2.59. The molecular weight excluding hydrogens is 246 g/mol. The summed E-state index contributed by atoms with van der Waals surface area (Å²) in [4.78, 5) is 12.2. The van der Waals surface area contributed by atoms with Crippen molar-refractivity contribution in [2.24, 2.45) is 0 Å². The minimum absolute atomic E-state index is 0.0435. The second-order valence-corrected chi connectivity index (χ2v) is 6.37. The summed E-state index contributed by atoms with van der Waals surface area (Å²) in [6.07, 6.45) is 5.23. The minimum Gasteiger partial charge on any atom is -0.465 e. The van der Waals surface area contributed by atoms with Crippen LogP contribution in [-0.2, 0) is 9.53 Å². The Hall–Kier alpha value is -0.220. The third-order valence-electron chi connectivity index (χ3n) is 3.41. The molecule has 1 aliphatic carbocycles. The molecule has 0 aliphatic heterocycles. The fourth-order valence-corrected chi connectivity index (χ4v) is 3.73. The number of rotatable bonds is 8. The van der Waals surface area contributed by atoms with Gasteiger partial charge in [-0.3, -0.25) is 4.79 Å². The number of esters is 1. The van der Waals surface area contributed by atoms with Gasteiger partial charge in [-0.15, -0.1) is 0 Å². The van der Waals surface area contributed by atoms with Crippen LogP contribution in [-0.4, -0.2) is 35.7 Å². The number of ether oxygens (including phenoxy) is 1. The molecule has 18 heavy (non-hydrogen) atoms. The first-order valence-corrected chi connectivity index (χ1v) is 8.27. The molecule has 0 bridgehead atoms. The standard InChI is InChI=1S/C14H27NO2S/c1-4-9-15-14(13(16)17-6-3)8-7-12(11-14)18-10-5-2/h12,15H,4-11H2,1-3H3. The maximum absolute atomic E-state index is 12.2. The third kappa shape index (κ3) is 4.16. The second-order valence-electron chi connectivity index (χ2n) is 4.96. The van der Waals surface area contributed by atoms with Crippen molar-refractivity contribution >= 4 is 17.7 Å². The molecule has 0 aromatic rings. The van der Waals surface area contributed by atoms with E-state index in [0.29, 0.717) is 11.9 Å².